The van der Waals surface area contributed by atoms with Gasteiger partial charge in [0.15, 0.2) is 0 Å². The zero-order chi connectivity index (χ0) is 16.9. The van der Waals surface area contributed by atoms with Crippen LogP contribution < -0.4 is 5.32 Å². The minimum Gasteiger partial charge on any atom is -0.444 e. The Bertz CT molecular complexity index is 631. The number of carbonyl (C=O) groups is 1. The molecule has 0 aromatic carbocycles. The highest BCUT2D eigenvalue weighted by Gasteiger charge is 2.23. The number of thioether (sulfide) groups is 1. The van der Waals surface area contributed by atoms with Gasteiger partial charge in [0.05, 0.1) is 9.77 Å². The van der Waals surface area contributed by atoms with E-state index in [0.29, 0.717) is 22.9 Å². The van der Waals surface area contributed by atoms with E-state index >= 15 is 0 Å². The lowest BCUT2D eigenvalue weighted by Gasteiger charge is -2.19. The van der Waals surface area contributed by atoms with Gasteiger partial charge in [-0.1, -0.05) is 13.8 Å². The largest absolute Gasteiger partial charge is 0.444 e. The van der Waals surface area contributed by atoms with Gasteiger partial charge >= 0.3 is 6.09 Å². The zero-order valence-corrected chi connectivity index (χ0v) is 14.9. The summed E-state index contributed by atoms with van der Waals surface area (Å²) in [5, 5.41) is 23.4. The van der Waals surface area contributed by atoms with E-state index in [0.717, 1.165) is 21.5 Å². The second-order valence-corrected chi connectivity index (χ2v) is 8.18. The maximum Gasteiger partial charge on any atom is 0.412 e. The average Bonchev–Trinajstić information content (AvgIpc) is 2.63. The summed E-state index contributed by atoms with van der Waals surface area (Å²) in [5.74, 6) is 0.342. The maximum absolute atomic E-state index is 11.9. The molecule has 0 radical (unpaired) electrons. The molecule has 0 aliphatic carbocycles. The van der Waals surface area contributed by atoms with Crippen molar-refractivity contribution in [2.24, 2.45) is 5.92 Å². The van der Waals surface area contributed by atoms with Crippen LogP contribution in [-0.4, -0.2) is 11.7 Å². The predicted octanol–water partition coefficient (Wildman–Crippen LogP) is 4.74. The van der Waals surface area contributed by atoms with Crippen LogP contribution in [0, 0.1) is 27.9 Å². The second-order valence-electron chi connectivity index (χ2n) is 6.10. The van der Waals surface area contributed by atoms with Crippen LogP contribution in [0.2, 0.25) is 0 Å². The van der Waals surface area contributed by atoms with E-state index in [1.54, 1.807) is 20.8 Å². The summed E-state index contributed by atoms with van der Waals surface area (Å²) in [6.07, 6.45) is 0.0780. The van der Waals surface area contributed by atoms with Gasteiger partial charge in [0.1, 0.15) is 22.1 Å². The van der Waals surface area contributed by atoms with Crippen LogP contribution >= 0.6 is 23.1 Å². The molecular weight excluding hydrogens is 318 g/mol. The topological polar surface area (TPSA) is 85.9 Å². The minimum absolute atomic E-state index is 0.342. The van der Waals surface area contributed by atoms with Crippen molar-refractivity contribution in [2.45, 2.75) is 50.8 Å². The minimum atomic E-state index is -0.612. The molecule has 5 nitrogen and oxygen atoms in total. The number of thiophene rings is 1. The third-order valence-corrected chi connectivity index (χ3v) is 4.41. The molecular formula is C15H19N3O2S2. The number of amides is 1. The van der Waals surface area contributed by atoms with Crippen LogP contribution in [0.1, 0.15) is 45.7 Å². The highest BCUT2D eigenvalue weighted by atomic mass is 32.2. The second kappa shape index (κ2) is 7.53. The van der Waals surface area contributed by atoms with E-state index in [9.17, 15) is 10.1 Å². The predicted molar refractivity (Wildman–Crippen MR) is 88.9 cm³/mol. The third-order valence-electron chi connectivity index (χ3n) is 2.45. The number of ether oxygens (including phenoxy) is 1. The summed E-state index contributed by atoms with van der Waals surface area (Å²) in [7, 11) is 0. The summed E-state index contributed by atoms with van der Waals surface area (Å²) in [6.45, 7) is 9.40. The lowest BCUT2D eigenvalue weighted by atomic mass is 10.0. The number of carbonyl (C=O) groups excluding carboxylic acids is 1. The quantitative estimate of drug-likeness (QED) is 0.633. The lowest BCUT2D eigenvalue weighted by Crippen LogP contribution is -2.27. The molecule has 0 bridgehead atoms. The Hall–Kier alpha value is -1.70. The highest BCUT2D eigenvalue weighted by molar-refractivity contribution is 8.05. The van der Waals surface area contributed by atoms with Crippen molar-refractivity contribution in [2.75, 3.05) is 5.32 Å². The van der Waals surface area contributed by atoms with Gasteiger partial charge in [-0.2, -0.15) is 10.5 Å². The van der Waals surface area contributed by atoms with E-state index < -0.39 is 11.7 Å². The number of nitrogens with zero attached hydrogens (tertiary/aromatic N) is 2. The summed E-state index contributed by atoms with van der Waals surface area (Å²) < 4.78 is 5.96. The number of rotatable bonds is 4. The summed E-state index contributed by atoms with van der Waals surface area (Å²) in [5.41, 5.74) is 0.626. The van der Waals surface area contributed by atoms with Crippen molar-refractivity contribution in [3.05, 3.63) is 11.1 Å². The Kier molecular flexibility index (Phi) is 6.28. The smallest absolute Gasteiger partial charge is 0.412 e. The van der Waals surface area contributed by atoms with Crippen LogP contribution in [0.4, 0.5) is 9.80 Å². The number of anilines is 1. The van der Waals surface area contributed by atoms with Gasteiger partial charge in [0.25, 0.3) is 0 Å². The van der Waals surface area contributed by atoms with Gasteiger partial charge in [0, 0.05) is 11.8 Å². The van der Waals surface area contributed by atoms with Crippen LogP contribution in [0.25, 0.3) is 0 Å². The Morgan fingerprint density at radius 2 is 2.05 bits per heavy atom. The first-order valence-corrected chi connectivity index (χ1v) is 8.43. The first kappa shape index (κ1) is 18.3. The van der Waals surface area contributed by atoms with E-state index in [-0.39, 0.29) is 0 Å². The van der Waals surface area contributed by atoms with Crippen LogP contribution in [0.3, 0.4) is 0 Å². The Morgan fingerprint density at radius 3 is 2.50 bits per heavy atom. The molecule has 0 aliphatic rings. The lowest BCUT2D eigenvalue weighted by molar-refractivity contribution is 0.0636. The highest BCUT2D eigenvalue weighted by Crippen LogP contribution is 2.40. The van der Waals surface area contributed by atoms with Crippen LogP contribution in [0.5, 0.6) is 0 Å². The molecule has 0 spiro atoms. The monoisotopic (exact) mass is 337 g/mol. The van der Waals surface area contributed by atoms with Crippen molar-refractivity contribution in [1.82, 2.24) is 0 Å². The van der Waals surface area contributed by atoms with Crippen molar-refractivity contribution in [1.29, 1.82) is 10.5 Å². The maximum atomic E-state index is 11.9. The Morgan fingerprint density at radius 1 is 1.41 bits per heavy atom. The molecule has 0 saturated heterocycles. The zero-order valence-electron chi connectivity index (χ0n) is 13.3. The van der Waals surface area contributed by atoms with Crippen molar-refractivity contribution >= 4 is 34.2 Å². The fourth-order valence-corrected chi connectivity index (χ4v) is 3.58. The average molecular weight is 337 g/mol. The molecule has 0 unspecified atom stereocenters. The van der Waals surface area contributed by atoms with Gasteiger partial charge in [-0.3, -0.25) is 5.32 Å². The first-order valence-electron chi connectivity index (χ1n) is 6.79. The molecule has 118 valence electrons. The Balaban J connectivity index is 3.12. The van der Waals surface area contributed by atoms with Gasteiger partial charge in [-0.05, 0) is 38.7 Å². The molecule has 1 rings (SSSR count). The molecule has 0 atom stereocenters. The van der Waals surface area contributed by atoms with Gasteiger partial charge in [0.2, 0.25) is 0 Å². The fourth-order valence-electron chi connectivity index (χ4n) is 1.76. The van der Waals surface area contributed by atoms with Crippen molar-refractivity contribution in [3.8, 4) is 11.5 Å². The molecule has 1 N–H and O–H groups in total. The van der Waals surface area contributed by atoms with Gasteiger partial charge in [-0.15, -0.1) is 11.3 Å². The molecule has 0 saturated carbocycles. The van der Waals surface area contributed by atoms with Gasteiger partial charge < -0.3 is 4.74 Å². The number of nitriles is 2. The summed E-state index contributed by atoms with van der Waals surface area (Å²) >= 11 is 2.25. The Labute approximate surface area is 139 Å². The summed E-state index contributed by atoms with van der Waals surface area (Å²) in [4.78, 5) is 11.9. The van der Waals surface area contributed by atoms with E-state index in [4.69, 9.17) is 10.00 Å². The van der Waals surface area contributed by atoms with Crippen LogP contribution in [-0.2, 0) is 11.2 Å². The molecule has 1 aromatic rings. The standard InChI is InChI=1S/C15H19N3O2S2/c1-9(2)6-10-11(7-16)12(22-13(10)21-8-17)18-14(19)20-15(3,4)5/h9H,6H2,1-5H3,(H,18,19). The van der Waals surface area contributed by atoms with Crippen molar-refractivity contribution in [3.63, 3.8) is 0 Å². The van der Waals surface area contributed by atoms with E-state index in [1.807, 2.05) is 19.2 Å². The SMILES string of the molecule is CC(C)Cc1c(SC#N)sc(NC(=O)OC(C)(C)C)c1C#N. The molecule has 1 aromatic heterocycles. The van der Waals surface area contributed by atoms with E-state index in [2.05, 4.69) is 11.4 Å². The first-order chi connectivity index (χ1) is 10.2. The fraction of sp³-hybridized carbons (Fsp3) is 0.533. The van der Waals surface area contributed by atoms with Crippen molar-refractivity contribution < 1.29 is 9.53 Å². The van der Waals surface area contributed by atoms with Crippen LogP contribution in [0.15, 0.2) is 4.21 Å². The molecule has 22 heavy (non-hydrogen) atoms. The van der Waals surface area contributed by atoms with E-state index in [1.165, 1.54) is 11.3 Å². The molecule has 0 aliphatic heterocycles. The summed E-state index contributed by atoms with van der Waals surface area (Å²) in [6, 6.07) is 2.13. The molecule has 1 amide bonds. The number of thiocyanates is 1. The normalized spacial score (nSPS) is 10.9. The number of hydrogen-bond acceptors (Lipinski definition) is 6. The number of hydrogen-bond donors (Lipinski definition) is 1. The number of nitrogens with one attached hydrogen (secondary N) is 1. The molecule has 0 fully saturated rings. The third kappa shape index (κ3) is 5.25. The molecule has 1 heterocycles. The van der Waals surface area contributed by atoms with Gasteiger partial charge in [-0.25, -0.2) is 4.79 Å². The molecule has 7 heteroatoms.